The van der Waals surface area contributed by atoms with E-state index in [9.17, 15) is 19.7 Å². The Morgan fingerprint density at radius 3 is 2.45 bits per heavy atom. The average molecular weight is 462 g/mol. The Bertz CT molecular complexity index is 1000. The molecule has 2 N–H and O–H groups in total. The number of hydrogen-bond donors (Lipinski definition) is 2. The zero-order valence-corrected chi connectivity index (χ0v) is 16.8. The fraction of sp³-hybridized carbons (Fsp3) is 0.158. The van der Waals surface area contributed by atoms with Gasteiger partial charge in [0.2, 0.25) is 0 Å². The van der Waals surface area contributed by atoms with Gasteiger partial charge in [0, 0.05) is 12.1 Å². The number of halogens is 1. The SMILES string of the molecule is CCOc1cc(/C=C2/NC(=O)NC2=O)cc(Br)c1OCc1ccc([N+](=O)[O-])cc1. The monoisotopic (exact) mass is 461 g/mol. The van der Waals surface area contributed by atoms with Crippen molar-refractivity contribution < 1.29 is 24.0 Å². The van der Waals surface area contributed by atoms with Crippen LogP contribution in [0.15, 0.2) is 46.6 Å². The Kier molecular flexibility index (Phi) is 6.13. The van der Waals surface area contributed by atoms with Crippen molar-refractivity contribution in [2.45, 2.75) is 13.5 Å². The second kappa shape index (κ2) is 8.74. The molecule has 2 aromatic rings. The third-order valence-corrected chi connectivity index (χ3v) is 4.48. The highest BCUT2D eigenvalue weighted by Gasteiger charge is 2.23. The molecule has 0 saturated carbocycles. The molecule has 10 heteroatoms. The number of rotatable bonds is 7. The van der Waals surface area contributed by atoms with E-state index < -0.39 is 16.9 Å². The molecule has 1 aliphatic heterocycles. The van der Waals surface area contributed by atoms with Gasteiger partial charge in [-0.25, -0.2) is 4.79 Å². The Balaban J connectivity index is 1.82. The molecule has 1 heterocycles. The molecular formula is C19H16BrN3O6. The summed E-state index contributed by atoms with van der Waals surface area (Å²) in [6, 6.07) is 8.89. The van der Waals surface area contributed by atoms with Crippen LogP contribution in [0.5, 0.6) is 11.5 Å². The van der Waals surface area contributed by atoms with Crippen LogP contribution in [0.25, 0.3) is 6.08 Å². The van der Waals surface area contributed by atoms with Crippen LogP contribution in [0.2, 0.25) is 0 Å². The normalized spacial score (nSPS) is 14.5. The molecule has 0 atom stereocenters. The summed E-state index contributed by atoms with van der Waals surface area (Å²) >= 11 is 3.44. The summed E-state index contributed by atoms with van der Waals surface area (Å²) in [7, 11) is 0. The molecule has 0 unspecified atom stereocenters. The van der Waals surface area contributed by atoms with Crippen molar-refractivity contribution in [3.8, 4) is 11.5 Å². The van der Waals surface area contributed by atoms with E-state index in [0.717, 1.165) is 5.56 Å². The van der Waals surface area contributed by atoms with Gasteiger partial charge in [-0.15, -0.1) is 0 Å². The standard InChI is InChI=1S/C19H16BrN3O6/c1-2-28-16-9-12(8-15-18(24)22-19(25)21-15)7-14(20)17(16)29-10-11-3-5-13(6-4-11)23(26)27/h3-9H,2,10H2,1H3,(H2,21,22,24,25)/b15-8+. The van der Waals surface area contributed by atoms with Gasteiger partial charge in [-0.1, -0.05) is 0 Å². The molecular weight excluding hydrogens is 446 g/mol. The van der Waals surface area contributed by atoms with Crippen LogP contribution in [0.4, 0.5) is 10.5 Å². The van der Waals surface area contributed by atoms with Crippen LogP contribution in [0.3, 0.4) is 0 Å². The van der Waals surface area contributed by atoms with Crippen LogP contribution in [0.1, 0.15) is 18.1 Å². The van der Waals surface area contributed by atoms with Crippen molar-refractivity contribution in [1.29, 1.82) is 0 Å². The van der Waals surface area contributed by atoms with Crippen LogP contribution in [-0.4, -0.2) is 23.5 Å². The molecule has 0 bridgehead atoms. The first-order valence-electron chi connectivity index (χ1n) is 8.54. The van der Waals surface area contributed by atoms with Gasteiger partial charge < -0.3 is 14.8 Å². The maximum Gasteiger partial charge on any atom is 0.326 e. The lowest BCUT2D eigenvalue weighted by Gasteiger charge is -2.15. The Morgan fingerprint density at radius 2 is 1.86 bits per heavy atom. The molecule has 0 spiro atoms. The lowest BCUT2D eigenvalue weighted by Crippen LogP contribution is -2.22. The number of benzene rings is 2. The predicted octanol–water partition coefficient (Wildman–Crippen LogP) is 3.52. The molecule has 1 fully saturated rings. The Labute approximate surface area is 174 Å². The molecule has 1 aliphatic rings. The molecule has 0 radical (unpaired) electrons. The number of nitrogens with zero attached hydrogens (tertiary/aromatic N) is 1. The molecule has 0 aromatic heterocycles. The first kappa shape index (κ1) is 20.3. The van der Waals surface area contributed by atoms with Crippen molar-refractivity contribution in [3.05, 3.63) is 67.8 Å². The van der Waals surface area contributed by atoms with Crippen molar-refractivity contribution in [2.24, 2.45) is 0 Å². The second-order valence-electron chi connectivity index (χ2n) is 5.94. The molecule has 1 saturated heterocycles. The maximum atomic E-state index is 11.7. The van der Waals surface area contributed by atoms with E-state index in [1.54, 1.807) is 24.3 Å². The maximum absolute atomic E-state index is 11.7. The second-order valence-corrected chi connectivity index (χ2v) is 6.80. The minimum Gasteiger partial charge on any atom is -0.490 e. The van der Waals surface area contributed by atoms with Crippen molar-refractivity contribution in [3.63, 3.8) is 0 Å². The highest BCUT2D eigenvalue weighted by molar-refractivity contribution is 9.10. The summed E-state index contributed by atoms with van der Waals surface area (Å²) in [5, 5.41) is 15.3. The summed E-state index contributed by atoms with van der Waals surface area (Å²) < 4.78 is 12.1. The van der Waals surface area contributed by atoms with E-state index in [4.69, 9.17) is 9.47 Å². The number of nitro groups is 1. The van der Waals surface area contributed by atoms with Crippen molar-refractivity contribution in [1.82, 2.24) is 10.6 Å². The molecule has 150 valence electrons. The van der Waals surface area contributed by atoms with E-state index in [-0.39, 0.29) is 18.0 Å². The van der Waals surface area contributed by atoms with Crippen molar-refractivity contribution in [2.75, 3.05) is 6.61 Å². The number of carbonyl (C=O) groups excluding carboxylic acids is 2. The number of non-ortho nitro benzene ring substituents is 1. The zero-order chi connectivity index (χ0) is 21.0. The Hall–Kier alpha value is -3.40. The van der Waals surface area contributed by atoms with Crippen LogP contribution in [-0.2, 0) is 11.4 Å². The minimum atomic E-state index is -0.576. The summed E-state index contributed by atoms with van der Waals surface area (Å²) in [5.41, 5.74) is 1.51. The number of imide groups is 1. The Morgan fingerprint density at radius 1 is 1.14 bits per heavy atom. The van der Waals surface area contributed by atoms with Gasteiger partial charge in [0.1, 0.15) is 12.3 Å². The number of ether oxygens (including phenoxy) is 2. The molecule has 29 heavy (non-hydrogen) atoms. The summed E-state index contributed by atoms with van der Waals surface area (Å²) in [4.78, 5) is 33.2. The van der Waals surface area contributed by atoms with Crippen molar-refractivity contribution >= 4 is 39.6 Å². The topological polar surface area (TPSA) is 120 Å². The number of amides is 3. The van der Waals surface area contributed by atoms with Crippen LogP contribution >= 0.6 is 15.9 Å². The van der Waals surface area contributed by atoms with Gasteiger partial charge in [-0.2, -0.15) is 0 Å². The quantitative estimate of drug-likeness (QED) is 0.281. The predicted molar refractivity (Wildman–Crippen MR) is 107 cm³/mol. The number of urea groups is 1. The largest absolute Gasteiger partial charge is 0.490 e. The summed E-state index contributed by atoms with van der Waals surface area (Å²) in [6.45, 7) is 2.39. The highest BCUT2D eigenvalue weighted by atomic mass is 79.9. The van der Waals surface area contributed by atoms with Gasteiger partial charge >= 0.3 is 6.03 Å². The number of hydrogen-bond acceptors (Lipinski definition) is 6. The molecule has 0 aliphatic carbocycles. The smallest absolute Gasteiger partial charge is 0.326 e. The third-order valence-electron chi connectivity index (χ3n) is 3.89. The van der Waals surface area contributed by atoms with Gasteiger partial charge in [-0.05, 0) is 64.3 Å². The summed E-state index contributed by atoms with van der Waals surface area (Å²) in [6.07, 6.45) is 1.52. The van der Waals surface area contributed by atoms with E-state index >= 15 is 0 Å². The number of nitro benzene ring substituents is 1. The molecule has 3 rings (SSSR count). The average Bonchev–Trinajstić information content (AvgIpc) is 2.98. The molecule has 2 aromatic carbocycles. The fourth-order valence-electron chi connectivity index (χ4n) is 2.59. The van der Waals surface area contributed by atoms with Gasteiger partial charge in [-0.3, -0.25) is 20.2 Å². The first-order valence-corrected chi connectivity index (χ1v) is 9.33. The van der Waals surface area contributed by atoms with Crippen LogP contribution in [0, 0.1) is 10.1 Å². The van der Waals surface area contributed by atoms with E-state index in [2.05, 4.69) is 26.6 Å². The third kappa shape index (κ3) is 4.91. The zero-order valence-electron chi connectivity index (χ0n) is 15.2. The first-order chi connectivity index (χ1) is 13.9. The molecule has 3 amide bonds. The summed E-state index contributed by atoms with van der Waals surface area (Å²) in [5.74, 6) is 0.384. The lowest BCUT2D eigenvalue weighted by atomic mass is 10.1. The van der Waals surface area contributed by atoms with Gasteiger partial charge in [0.25, 0.3) is 11.6 Å². The highest BCUT2D eigenvalue weighted by Crippen LogP contribution is 2.38. The van der Waals surface area contributed by atoms with E-state index in [0.29, 0.717) is 28.1 Å². The fourth-order valence-corrected chi connectivity index (χ4v) is 3.17. The van der Waals surface area contributed by atoms with Gasteiger partial charge in [0.15, 0.2) is 11.5 Å². The molecule has 9 nitrogen and oxygen atoms in total. The van der Waals surface area contributed by atoms with E-state index in [1.807, 2.05) is 6.92 Å². The minimum absolute atomic E-state index is 0.00497. The lowest BCUT2D eigenvalue weighted by molar-refractivity contribution is -0.384. The van der Waals surface area contributed by atoms with Gasteiger partial charge in [0.05, 0.1) is 16.0 Å². The number of nitrogens with one attached hydrogen (secondary N) is 2. The van der Waals surface area contributed by atoms with Crippen LogP contribution < -0.4 is 20.1 Å². The number of carbonyl (C=O) groups is 2. The van der Waals surface area contributed by atoms with E-state index in [1.165, 1.54) is 18.2 Å².